The van der Waals surface area contributed by atoms with Crippen LogP contribution in [0.3, 0.4) is 0 Å². The van der Waals surface area contributed by atoms with Crippen LogP contribution in [0.5, 0.6) is 0 Å². The van der Waals surface area contributed by atoms with Gasteiger partial charge in [0, 0.05) is 0 Å². The van der Waals surface area contributed by atoms with Crippen molar-refractivity contribution in [1.82, 2.24) is 0 Å². The molecule has 0 spiro atoms. The molecule has 1 heterocycles. The molecule has 166 valence electrons. The van der Waals surface area contributed by atoms with E-state index < -0.39 is 0 Å². The Morgan fingerprint density at radius 2 is 1.69 bits per heavy atom. The Bertz CT molecular complexity index is 611. The van der Waals surface area contributed by atoms with E-state index in [0.29, 0.717) is 29.0 Å². The summed E-state index contributed by atoms with van der Waals surface area (Å²) < 4.78 is 6.93. The second-order valence-corrected chi connectivity index (χ2v) is 13.3. The van der Waals surface area contributed by atoms with Crippen LogP contribution < -0.4 is 0 Å². The lowest BCUT2D eigenvalue weighted by atomic mass is 9.44. The molecule has 0 aromatic rings. The van der Waals surface area contributed by atoms with Gasteiger partial charge in [-0.15, -0.1) is 0 Å². The summed E-state index contributed by atoms with van der Waals surface area (Å²) in [6.07, 6.45) is 15.9. The third-order valence-corrected chi connectivity index (χ3v) is 11.5. The molecule has 0 N–H and O–H groups in total. The van der Waals surface area contributed by atoms with Crippen LogP contribution >= 0.6 is 0 Å². The summed E-state index contributed by atoms with van der Waals surface area (Å²) in [6.45, 7) is 15.2. The quantitative estimate of drug-likeness (QED) is 0.471. The van der Waals surface area contributed by atoms with Crippen LogP contribution in [0.15, 0.2) is 0 Å². The topological polar surface area (TPSA) is 9.23 Å². The number of hydrogen-bond donors (Lipinski definition) is 0. The molecule has 29 heavy (non-hydrogen) atoms. The van der Waals surface area contributed by atoms with Gasteiger partial charge in [-0.25, -0.2) is 0 Å². The van der Waals surface area contributed by atoms with E-state index in [9.17, 15) is 0 Å². The maximum absolute atomic E-state index is 6.93. The monoisotopic (exact) mass is 400 g/mol. The molecule has 5 unspecified atom stereocenters. The van der Waals surface area contributed by atoms with Crippen LogP contribution in [0.1, 0.15) is 106 Å². The highest BCUT2D eigenvalue weighted by Gasteiger charge is 2.65. The molecule has 1 aliphatic heterocycles. The lowest BCUT2D eigenvalue weighted by Gasteiger charge is -2.60. The first-order chi connectivity index (χ1) is 13.8. The molecule has 1 saturated heterocycles. The molecule has 0 aromatic heterocycles. The fraction of sp³-hybridized carbons (Fsp3) is 1.00. The predicted molar refractivity (Wildman–Crippen MR) is 122 cm³/mol. The van der Waals surface area contributed by atoms with Gasteiger partial charge in [0.15, 0.2) is 0 Å². The Morgan fingerprint density at radius 3 is 2.45 bits per heavy atom. The fourth-order valence-corrected chi connectivity index (χ4v) is 10.5. The van der Waals surface area contributed by atoms with Crippen molar-refractivity contribution in [2.45, 2.75) is 118 Å². The number of hydrogen-bond acceptors (Lipinski definition) is 1. The molecular formula is C28H48O. The highest BCUT2D eigenvalue weighted by atomic mass is 16.5. The summed E-state index contributed by atoms with van der Waals surface area (Å²) in [4.78, 5) is 0. The minimum absolute atomic E-state index is 0.509. The van der Waals surface area contributed by atoms with Gasteiger partial charge < -0.3 is 4.74 Å². The first-order valence-corrected chi connectivity index (χ1v) is 13.4. The first-order valence-electron chi connectivity index (χ1n) is 13.4. The lowest BCUT2D eigenvalue weighted by Crippen LogP contribution is -2.53. The molecule has 0 amide bonds. The second-order valence-electron chi connectivity index (χ2n) is 13.3. The van der Waals surface area contributed by atoms with E-state index in [1.807, 2.05) is 0 Å². The number of ether oxygens (including phenoxy) is 1. The Balaban J connectivity index is 1.37. The van der Waals surface area contributed by atoms with Crippen molar-refractivity contribution >= 4 is 0 Å². The van der Waals surface area contributed by atoms with Gasteiger partial charge in [-0.2, -0.15) is 0 Å². The summed E-state index contributed by atoms with van der Waals surface area (Å²) >= 11 is 0. The van der Waals surface area contributed by atoms with E-state index in [2.05, 4.69) is 41.5 Å². The molecule has 0 radical (unpaired) electrons. The van der Waals surface area contributed by atoms with Crippen LogP contribution in [-0.4, -0.2) is 12.2 Å². The Labute approximate surface area is 181 Å². The predicted octanol–water partition coefficient (Wildman–Crippen LogP) is 7.73. The van der Waals surface area contributed by atoms with Crippen LogP contribution in [0, 0.1) is 58.2 Å². The average Bonchev–Trinajstić information content (AvgIpc) is 3.15. The van der Waals surface area contributed by atoms with Crippen molar-refractivity contribution < 1.29 is 4.74 Å². The molecule has 0 bridgehead atoms. The molecule has 0 aromatic carbocycles. The van der Waals surface area contributed by atoms with E-state index in [1.54, 1.807) is 0 Å². The molecule has 1 heteroatoms. The molecule has 4 aliphatic carbocycles. The maximum Gasteiger partial charge on any atom is 0.0633 e. The molecular weight excluding hydrogens is 352 g/mol. The van der Waals surface area contributed by atoms with Gasteiger partial charge in [0.1, 0.15) is 0 Å². The summed E-state index contributed by atoms with van der Waals surface area (Å²) in [5.74, 6) is 7.08. The Morgan fingerprint density at radius 1 is 0.897 bits per heavy atom. The van der Waals surface area contributed by atoms with Crippen LogP contribution in [0.4, 0.5) is 0 Å². The molecule has 5 rings (SSSR count). The highest BCUT2D eigenvalue weighted by molar-refractivity contribution is 5.14. The second kappa shape index (κ2) is 7.25. The van der Waals surface area contributed by atoms with Crippen LogP contribution in [0.25, 0.3) is 0 Å². The number of rotatable bonds is 3. The minimum Gasteiger partial charge on any atom is -0.374 e. The van der Waals surface area contributed by atoms with Crippen molar-refractivity contribution in [3.05, 3.63) is 0 Å². The van der Waals surface area contributed by atoms with Crippen LogP contribution in [0.2, 0.25) is 0 Å². The summed E-state index contributed by atoms with van der Waals surface area (Å²) in [5.41, 5.74) is 1.22. The van der Waals surface area contributed by atoms with Crippen molar-refractivity contribution in [2.75, 3.05) is 0 Å². The highest BCUT2D eigenvalue weighted by Crippen LogP contribution is 2.70. The van der Waals surface area contributed by atoms with Crippen molar-refractivity contribution in [3.8, 4) is 0 Å². The van der Waals surface area contributed by atoms with Gasteiger partial charge in [0.2, 0.25) is 0 Å². The van der Waals surface area contributed by atoms with E-state index in [4.69, 9.17) is 4.74 Å². The van der Waals surface area contributed by atoms with E-state index in [0.717, 1.165) is 41.4 Å². The summed E-state index contributed by atoms with van der Waals surface area (Å²) in [5, 5.41) is 0. The Kier molecular flexibility index (Phi) is 5.21. The zero-order valence-corrected chi connectivity index (χ0v) is 20.3. The van der Waals surface area contributed by atoms with Gasteiger partial charge >= 0.3 is 0 Å². The van der Waals surface area contributed by atoms with Gasteiger partial charge in [0.25, 0.3) is 0 Å². The normalized spacial score (nSPS) is 55.1. The molecule has 1 nitrogen and oxygen atoms in total. The summed E-state index contributed by atoms with van der Waals surface area (Å²) in [7, 11) is 0. The largest absolute Gasteiger partial charge is 0.374 e. The average molecular weight is 401 g/mol. The van der Waals surface area contributed by atoms with Crippen molar-refractivity contribution in [2.24, 2.45) is 58.2 Å². The van der Waals surface area contributed by atoms with Gasteiger partial charge in [-0.1, -0.05) is 54.4 Å². The van der Waals surface area contributed by atoms with Gasteiger partial charge in [-0.3, -0.25) is 0 Å². The SMILES string of the molecule is CC(C)CC(C)[C@H]1OC2C[C@H]3C4CCC5CCCC[C@]5(C)[C@H]4CC[C@]3(C)C2[C@@H]1C. The maximum atomic E-state index is 6.93. The zero-order valence-electron chi connectivity index (χ0n) is 20.3. The number of fused-ring (bicyclic) bond motifs is 7. The zero-order chi connectivity index (χ0) is 20.6. The van der Waals surface area contributed by atoms with Crippen LogP contribution in [-0.2, 0) is 4.74 Å². The molecule has 5 aliphatic rings. The van der Waals surface area contributed by atoms with E-state index in [-0.39, 0.29) is 0 Å². The van der Waals surface area contributed by atoms with E-state index in [1.165, 1.54) is 64.2 Å². The van der Waals surface area contributed by atoms with Crippen molar-refractivity contribution in [3.63, 3.8) is 0 Å². The Hall–Kier alpha value is -0.0400. The summed E-state index contributed by atoms with van der Waals surface area (Å²) in [6, 6.07) is 0. The molecule has 5 fully saturated rings. The third-order valence-electron chi connectivity index (χ3n) is 11.5. The van der Waals surface area contributed by atoms with Gasteiger partial charge in [-0.05, 0) is 110 Å². The standard InChI is InChI=1S/C28H48O/c1-17(2)15-18(3)26-19(4)25-24(29-26)16-23-21-11-10-20-9-7-8-13-27(20,5)22(21)12-14-28(23,25)6/h17-26H,7-16H2,1-6H3/t18?,19-,20?,21?,22-,23-,24?,25?,26+,27-,28-/m0/s1. The first kappa shape index (κ1) is 20.8. The lowest BCUT2D eigenvalue weighted by molar-refractivity contribution is -0.116. The minimum atomic E-state index is 0.509. The smallest absolute Gasteiger partial charge is 0.0633 e. The third kappa shape index (κ3) is 3.02. The van der Waals surface area contributed by atoms with Crippen molar-refractivity contribution in [1.29, 1.82) is 0 Å². The van der Waals surface area contributed by atoms with Gasteiger partial charge in [0.05, 0.1) is 12.2 Å². The molecule has 4 saturated carbocycles. The van der Waals surface area contributed by atoms with E-state index >= 15 is 0 Å². The fourth-order valence-electron chi connectivity index (χ4n) is 10.5. The molecule has 11 atom stereocenters.